The Labute approximate surface area is 227 Å². The largest absolute Gasteiger partial charge is 0.486 e. The highest BCUT2D eigenvalue weighted by Crippen LogP contribution is 2.37. The van der Waals surface area contributed by atoms with Crippen molar-refractivity contribution in [2.75, 3.05) is 26.3 Å². The summed E-state index contributed by atoms with van der Waals surface area (Å²) in [5, 5.41) is 18.1. The highest BCUT2D eigenvalue weighted by molar-refractivity contribution is 7.10. The average Bonchev–Trinajstić information content (AvgIpc) is 3.66. The summed E-state index contributed by atoms with van der Waals surface area (Å²) in [6.45, 7) is 2.46. The molecule has 6 rings (SSSR count). The lowest BCUT2D eigenvalue weighted by atomic mass is 9.97. The summed E-state index contributed by atoms with van der Waals surface area (Å²) in [7, 11) is 0. The maximum atomic E-state index is 12.8. The number of benzene rings is 2. The third-order valence-corrected chi connectivity index (χ3v) is 7.90. The van der Waals surface area contributed by atoms with Crippen molar-refractivity contribution in [3.05, 3.63) is 68.9 Å². The predicted molar refractivity (Wildman–Crippen MR) is 142 cm³/mol. The Hall–Kier alpha value is -4.32. The Morgan fingerprint density at radius 3 is 2.69 bits per heavy atom. The fourth-order valence-electron chi connectivity index (χ4n) is 4.79. The number of hydrogen-bond donors (Lipinski definition) is 0. The Balaban J connectivity index is 1.01. The molecule has 0 atom stereocenters. The van der Waals surface area contributed by atoms with Gasteiger partial charge in [-0.15, -0.1) is 11.3 Å². The Morgan fingerprint density at radius 2 is 1.87 bits per heavy atom. The zero-order chi connectivity index (χ0) is 26.8. The number of piperidine rings is 1. The fourth-order valence-corrected chi connectivity index (χ4v) is 5.79. The van der Waals surface area contributed by atoms with E-state index in [2.05, 4.69) is 15.5 Å². The van der Waals surface area contributed by atoms with Gasteiger partial charge in [0, 0.05) is 60.5 Å². The maximum absolute atomic E-state index is 12.8. The van der Waals surface area contributed by atoms with Crippen molar-refractivity contribution < 1.29 is 23.7 Å². The summed E-state index contributed by atoms with van der Waals surface area (Å²) in [5.74, 6) is 2.47. The maximum Gasteiger partial charge on any atom is 0.270 e. The first-order valence-electron chi connectivity index (χ1n) is 12.7. The molecule has 2 aliphatic rings. The number of nitrogens with zero attached hydrogens (tertiary/aromatic N) is 5. The Morgan fingerprint density at radius 1 is 1.05 bits per heavy atom. The summed E-state index contributed by atoms with van der Waals surface area (Å²) in [6, 6.07) is 12.0. The first-order valence-corrected chi connectivity index (χ1v) is 13.6. The number of non-ortho nitro benzene ring substituents is 1. The highest BCUT2D eigenvalue weighted by Gasteiger charge is 2.26. The predicted octanol–water partition coefficient (Wildman–Crippen LogP) is 4.88. The van der Waals surface area contributed by atoms with E-state index in [1.54, 1.807) is 23.5 Å². The van der Waals surface area contributed by atoms with Gasteiger partial charge in [0.25, 0.3) is 5.69 Å². The summed E-state index contributed by atoms with van der Waals surface area (Å²) >= 11 is 1.66. The van der Waals surface area contributed by atoms with Gasteiger partial charge in [-0.2, -0.15) is 4.98 Å². The SMILES string of the molecule is O=C(CCc1nc(-c2cccc([N+](=O)[O-])c2)no1)N1CCC(c2nc(-c3ccc4c(c3)OCCO4)cs2)CC1. The lowest BCUT2D eigenvalue weighted by Gasteiger charge is -2.31. The minimum atomic E-state index is -0.472. The third kappa shape index (κ3) is 5.46. The molecule has 200 valence electrons. The molecule has 0 radical (unpaired) electrons. The number of amides is 1. The molecule has 4 aromatic rings. The molecular weight excluding hydrogens is 522 g/mol. The van der Waals surface area contributed by atoms with Crippen molar-refractivity contribution in [2.45, 2.75) is 31.6 Å². The second-order valence-electron chi connectivity index (χ2n) is 9.40. The van der Waals surface area contributed by atoms with Crippen LogP contribution < -0.4 is 9.47 Å². The monoisotopic (exact) mass is 547 g/mol. The molecule has 0 saturated carbocycles. The quantitative estimate of drug-likeness (QED) is 0.234. The van der Waals surface area contributed by atoms with E-state index in [4.69, 9.17) is 19.0 Å². The smallest absolute Gasteiger partial charge is 0.270 e. The molecule has 0 spiro atoms. The van der Waals surface area contributed by atoms with Crippen molar-refractivity contribution in [3.8, 4) is 34.1 Å². The fraction of sp³-hybridized carbons (Fsp3) is 0.333. The highest BCUT2D eigenvalue weighted by atomic mass is 32.1. The van der Waals surface area contributed by atoms with Gasteiger partial charge in [0.15, 0.2) is 11.5 Å². The van der Waals surface area contributed by atoms with Gasteiger partial charge in [-0.3, -0.25) is 14.9 Å². The minimum Gasteiger partial charge on any atom is -0.486 e. The molecule has 1 saturated heterocycles. The van der Waals surface area contributed by atoms with Crippen LogP contribution in [0.2, 0.25) is 0 Å². The van der Waals surface area contributed by atoms with Gasteiger partial charge in [0.2, 0.25) is 17.6 Å². The number of carbonyl (C=O) groups excluding carboxylic acids is 1. The van der Waals surface area contributed by atoms with Crippen LogP contribution in [-0.2, 0) is 11.2 Å². The van der Waals surface area contributed by atoms with E-state index < -0.39 is 4.92 Å². The zero-order valence-corrected chi connectivity index (χ0v) is 21.8. The van der Waals surface area contributed by atoms with E-state index in [1.807, 2.05) is 23.1 Å². The van der Waals surface area contributed by atoms with Crippen LogP contribution in [-0.4, -0.2) is 57.2 Å². The first-order chi connectivity index (χ1) is 19.0. The van der Waals surface area contributed by atoms with Crippen LogP contribution in [0.5, 0.6) is 11.5 Å². The molecule has 0 aliphatic carbocycles. The Kier molecular flexibility index (Phi) is 6.93. The van der Waals surface area contributed by atoms with Crippen LogP contribution in [0.4, 0.5) is 5.69 Å². The van der Waals surface area contributed by atoms with E-state index >= 15 is 0 Å². The number of fused-ring (bicyclic) bond motifs is 1. The molecule has 11 nitrogen and oxygen atoms in total. The molecule has 39 heavy (non-hydrogen) atoms. The second kappa shape index (κ2) is 10.8. The number of aryl methyl sites for hydroxylation is 1. The molecule has 1 amide bonds. The number of thiazole rings is 1. The number of carbonyl (C=O) groups is 1. The molecule has 2 aromatic heterocycles. The van der Waals surface area contributed by atoms with Crippen LogP contribution in [0.1, 0.15) is 36.1 Å². The van der Waals surface area contributed by atoms with Crippen molar-refractivity contribution in [1.82, 2.24) is 20.0 Å². The first kappa shape index (κ1) is 25.0. The third-order valence-electron chi connectivity index (χ3n) is 6.89. The van der Waals surface area contributed by atoms with Crippen molar-refractivity contribution in [1.29, 1.82) is 0 Å². The molecule has 12 heteroatoms. The summed E-state index contributed by atoms with van der Waals surface area (Å²) in [4.78, 5) is 34.5. The van der Waals surface area contributed by atoms with E-state index in [0.29, 0.717) is 50.1 Å². The zero-order valence-electron chi connectivity index (χ0n) is 20.9. The van der Waals surface area contributed by atoms with E-state index in [-0.39, 0.29) is 23.8 Å². The number of hydrogen-bond acceptors (Lipinski definition) is 10. The van der Waals surface area contributed by atoms with Crippen molar-refractivity contribution in [3.63, 3.8) is 0 Å². The van der Waals surface area contributed by atoms with E-state index in [1.165, 1.54) is 12.1 Å². The number of nitro groups is 1. The number of likely N-dealkylation sites (tertiary alicyclic amines) is 1. The second-order valence-corrected chi connectivity index (χ2v) is 10.3. The summed E-state index contributed by atoms with van der Waals surface area (Å²) in [5.41, 5.74) is 2.38. The molecule has 0 bridgehead atoms. The molecular formula is C27H25N5O6S. The van der Waals surface area contributed by atoms with E-state index in [0.717, 1.165) is 40.6 Å². The molecule has 0 N–H and O–H groups in total. The molecule has 2 aliphatic heterocycles. The summed E-state index contributed by atoms with van der Waals surface area (Å²) < 4.78 is 16.6. The topological polar surface area (TPSA) is 134 Å². The normalized spacial score (nSPS) is 15.3. The van der Waals surface area contributed by atoms with Gasteiger partial charge in [-0.05, 0) is 31.0 Å². The number of rotatable bonds is 7. The van der Waals surface area contributed by atoms with Gasteiger partial charge in [0.1, 0.15) is 13.2 Å². The Bertz CT molecular complexity index is 1510. The van der Waals surface area contributed by atoms with Gasteiger partial charge < -0.3 is 18.9 Å². The lowest BCUT2D eigenvalue weighted by molar-refractivity contribution is -0.384. The number of nitro benzene ring substituents is 1. The van der Waals surface area contributed by atoms with Gasteiger partial charge in [-0.25, -0.2) is 4.98 Å². The molecule has 2 aromatic carbocycles. The van der Waals surface area contributed by atoms with Crippen molar-refractivity contribution in [2.24, 2.45) is 0 Å². The van der Waals surface area contributed by atoms with Crippen LogP contribution >= 0.6 is 11.3 Å². The average molecular weight is 548 g/mol. The number of aromatic nitrogens is 3. The molecule has 0 unspecified atom stereocenters. The van der Waals surface area contributed by atoms with E-state index in [9.17, 15) is 14.9 Å². The van der Waals surface area contributed by atoms with Gasteiger partial charge in [-0.1, -0.05) is 17.3 Å². The lowest BCUT2D eigenvalue weighted by Crippen LogP contribution is -2.38. The van der Waals surface area contributed by atoms with Gasteiger partial charge >= 0.3 is 0 Å². The van der Waals surface area contributed by atoms with Gasteiger partial charge in [0.05, 0.1) is 15.6 Å². The van der Waals surface area contributed by atoms with Crippen molar-refractivity contribution >= 4 is 22.9 Å². The number of ether oxygens (including phenoxy) is 2. The molecule has 4 heterocycles. The van der Waals surface area contributed by atoms with Crippen LogP contribution in [0.25, 0.3) is 22.6 Å². The summed E-state index contributed by atoms with van der Waals surface area (Å²) in [6.07, 6.45) is 2.29. The van der Waals surface area contributed by atoms with Crippen LogP contribution in [0.15, 0.2) is 52.4 Å². The minimum absolute atomic E-state index is 0.0413. The molecule has 1 fully saturated rings. The standard InChI is InChI=1S/C27H25N5O6S/c33-25(7-6-24-29-26(30-38-24)19-2-1-3-20(14-19)32(34)35)31-10-8-17(9-11-31)27-28-21(16-39-27)18-4-5-22-23(15-18)37-13-12-36-22/h1-5,14-17H,6-13H2. The van der Waals surface area contributed by atoms with Crippen LogP contribution in [0, 0.1) is 10.1 Å². The van der Waals surface area contributed by atoms with Crippen LogP contribution in [0.3, 0.4) is 0 Å².